The second kappa shape index (κ2) is 17.5. The maximum atomic E-state index is 12.7. The number of carbonyl (C=O) groups excluding carboxylic acids is 2. The number of hydrogen-bond donors (Lipinski definition) is 6. The summed E-state index contributed by atoms with van der Waals surface area (Å²) in [4.78, 5) is 32.6. The van der Waals surface area contributed by atoms with Gasteiger partial charge in [0.05, 0.1) is 5.69 Å². The SMILES string of the molecule is CC(=N)/C(=C\c1c(C)ncnc1N[C@H](C)c1ccccc1)c1ccc(C(=O)NCCNCCCCCCC(=O)NO)cc1. The van der Waals surface area contributed by atoms with Gasteiger partial charge >= 0.3 is 0 Å². The fourth-order valence-electron chi connectivity index (χ4n) is 4.59. The van der Waals surface area contributed by atoms with Crippen molar-refractivity contribution in [2.45, 2.75) is 58.9 Å². The molecule has 2 aromatic carbocycles. The summed E-state index contributed by atoms with van der Waals surface area (Å²) in [5, 5.41) is 26.7. The van der Waals surface area contributed by atoms with Gasteiger partial charge in [-0.3, -0.25) is 14.8 Å². The summed E-state index contributed by atoms with van der Waals surface area (Å²) in [6.45, 7) is 7.75. The number of aromatic nitrogens is 2. The zero-order valence-corrected chi connectivity index (χ0v) is 25.2. The van der Waals surface area contributed by atoms with E-state index in [1.165, 1.54) is 6.33 Å². The summed E-state index contributed by atoms with van der Waals surface area (Å²) in [6.07, 6.45) is 7.48. The molecule has 0 saturated carbocycles. The van der Waals surface area contributed by atoms with Crippen molar-refractivity contribution < 1.29 is 14.8 Å². The summed E-state index contributed by atoms with van der Waals surface area (Å²) >= 11 is 0. The number of amides is 2. The minimum absolute atomic E-state index is 0.0269. The Hall–Kier alpha value is -4.41. The number of hydroxylamine groups is 1. The number of carbonyl (C=O) groups is 2. The van der Waals surface area contributed by atoms with Gasteiger partial charge in [-0.25, -0.2) is 15.4 Å². The highest BCUT2D eigenvalue weighted by Gasteiger charge is 2.14. The van der Waals surface area contributed by atoms with Gasteiger partial charge in [-0.2, -0.15) is 0 Å². The number of unbranched alkanes of at least 4 members (excludes halogenated alkanes) is 3. The molecule has 228 valence electrons. The molecule has 1 heterocycles. The molecule has 43 heavy (non-hydrogen) atoms. The lowest BCUT2D eigenvalue weighted by molar-refractivity contribution is -0.129. The molecule has 3 rings (SSSR count). The van der Waals surface area contributed by atoms with E-state index < -0.39 is 0 Å². The van der Waals surface area contributed by atoms with E-state index in [1.807, 2.05) is 43.3 Å². The van der Waals surface area contributed by atoms with Gasteiger partial charge in [0.2, 0.25) is 5.91 Å². The molecule has 0 unspecified atom stereocenters. The molecule has 3 aromatic rings. The van der Waals surface area contributed by atoms with Crippen LogP contribution in [-0.2, 0) is 4.79 Å². The van der Waals surface area contributed by atoms with Crippen LogP contribution in [0.3, 0.4) is 0 Å². The molecule has 0 aliphatic carbocycles. The number of rotatable bonds is 17. The molecule has 6 N–H and O–H groups in total. The third-order valence-electron chi connectivity index (χ3n) is 7.11. The van der Waals surface area contributed by atoms with Crippen LogP contribution in [0, 0.1) is 12.3 Å². The maximum Gasteiger partial charge on any atom is 0.251 e. The van der Waals surface area contributed by atoms with E-state index in [1.54, 1.807) is 24.5 Å². The van der Waals surface area contributed by atoms with Gasteiger partial charge in [0.25, 0.3) is 5.91 Å². The highest BCUT2D eigenvalue weighted by atomic mass is 16.5. The van der Waals surface area contributed by atoms with Crippen LogP contribution in [-0.4, -0.2) is 52.3 Å². The number of aryl methyl sites for hydroxylation is 1. The van der Waals surface area contributed by atoms with Crippen molar-refractivity contribution in [3.63, 3.8) is 0 Å². The highest BCUT2D eigenvalue weighted by molar-refractivity contribution is 6.26. The highest BCUT2D eigenvalue weighted by Crippen LogP contribution is 2.27. The molecule has 0 bridgehead atoms. The molecule has 0 aliphatic heterocycles. The quantitative estimate of drug-likeness (QED) is 0.0543. The molecule has 10 heteroatoms. The second-order valence-corrected chi connectivity index (χ2v) is 10.5. The van der Waals surface area contributed by atoms with Crippen molar-refractivity contribution in [3.05, 3.63) is 88.9 Å². The Kier molecular flexibility index (Phi) is 13.5. The van der Waals surface area contributed by atoms with E-state index in [-0.39, 0.29) is 17.9 Å². The molecule has 0 radical (unpaired) electrons. The van der Waals surface area contributed by atoms with Crippen molar-refractivity contribution in [1.29, 1.82) is 5.41 Å². The van der Waals surface area contributed by atoms with E-state index in [4.69, 9.17) is 10.6 Å². The van der Waals surface area contributed by atoms with E-state index in [0.29, 0.717) is 36.6 Å². The molecular weight excluding hydrogens is 542 g/mol. The van der Waals surface area contributed by atoms with Crippen LogP contribution >= 0.6 is 0 Å². The van der Waals surface area contributed by atoms with Crippen LogP contribution in [0.2, 0.25) is 0 Å². The molecule has 10 nitrogen and oxygen atoms in total. The average Bonchev–Trinajstić information content (AvgIpc) is 3.01. The number of nitrogens with zero attached hydrogens (tertiary/aromatic N) is 2. The van der Waals surface area contributed by atoms with Crippen LogP contribution in [0.1, 0.15) is 84.7 Å². The zero-order chi connectivity index (χ0) is 31.0. The normalized spacial score (nSPS) is 12.0. The lowest BCUT2D eigenvalue weighted by atomic mass is 9.97. The first-order chi connectivity index (χ1) is 20.8. The molecule has 0 fully saturated rings. The van der Waals surface area contributed by atoms with Crippen LogP contribution in [0.15, 0.2) is 60.9 Å². The topological polar surface area (TPSA) is 152 Å². The van der Waals surface area contributed by atoms with Crippen molar-refractivity contribution in [2.24, 2.45) is 0 Å². The van der Waals surface area contributed by atoms with Crippen LogP contribution in [0.5, 0.6) is 0 Å². The smallest absolute Gasteiger partial charge is 0.251 e. The fourth-order valence-corrected chi connectivity index (χ4v) is 4.59. The van der Waals surface area contributed by atoms with Crippen LogP contribution in [0.4, 0.5) is 5.82 Å². The first-order valence-electron chi connectivity index (χ1n) is 14.7. The molecule has 1 atom stereocenters. The summed E-state index contributed by atoms with van der Waals surface area (Å²) in [5.41, 5.74) is 6.89. The van der Waals surface area contributed by atoms with Gasteiger partial charge in [0.15, 0.2) is 0 Å². The third kappa shape index (κ3) is 10.7. The Labute approximate surface area is 253 Å². The van der Waals surface area contributed by atoms with Gasteiger partial charge in [0, 0.05) is 48.0 Å². The van der Waals surface area contributed by atoms with Gasteiger partial charge in [-0.05, 0) is 69.5 Å². The Morgan fingerprint density at radius 1 is 0.930 bits per heavy atom. The van der Waals surface area contributed by atoms with E-state index in [9.17, 15) is 9.59 Å². The first-order valence-corrected chi connectivity index (χ1v) is 14.7. The number of allylic oxidation sites excluding steroid dienone is 1. The largest absolute Gasteiger partial charge is 0.363 e. The molecule has 1 aromatic heterocycles. The minimum Gasteiger partial charge on any atom is -0.363 e. The minimum atomic E-state index is -0.349. The number of hydrogen-bond acceptors (Lipinski definition) is 8. The van der Waals surface area contributed by atoms with E-state index in [0.717, 1.165) is 60.2 Å². The van der Waals surface area contributed by atoms with Gasteiger partial charge in [0.1, 0.15) is 12.1 Å². The molecule has 0 saturated heterocycles. The first kappa shape index (κ1) is 33.1. The van der Waals surface area contributed by atoms with Crippen molar-refractivity contribution in [3.8, 4) is 0 Å². The monoisotopic (exact) mass is 585 g/mol. The van der Waals surface area contributed by atoms with Gasteiger partial charge in [-0.15, -0.1) is 0 Å². The van der Waals surface area contributed by atoms with E-state index in [2.05, 4.69) is 45.0 Å². The predicted molar refractivity (Wildman–Crippen MR) is 171 cm³/mol. The summed E-state index contributed by atoms with van der Waals surface area (Å²) < 4.78 is 0. The third-order valence-corrected chi connectivity index (χ3v) is 7.11. The lowest BCUT2D eigenvalue weighted by Crippen LogP contribution is -2.32. The number of nitrogens with one attached hydrogen (secondary N) is 5. The van der Waals surface area contributed by atoms with Gasteiger partial charge in [-0.1, -0.05) is 55.3 Å². The van der Waals surface area contributed by atoms with Gasteiger partial charge < -0.3 is 21.4 Å². The average molecular weight is 586 g/mol. The Morgan fingerprint density at radius 2 is 1.63 bits per heavy atom. The summed E-state index contributed by atoms with van der Waals surface area (Å²) in [7, 11) is 0. The standard InChI is InChI=1S/C33H43N7O3/c1-23(34)29(21-30-25(3)37-22-38-32(30)39-24(2)26-11-7-6-8-12-26)27-14-16-28(17-15-27)33(42)36-20-19-35-18-10-5-4-9-13-31(41)40-43/h6-8,11-12,14-17,21-22,24,34-35,43H,4-5,9-10,13,18-20H2,1-3H3,(H,36,42)(H,40,41)(H,37,38,39)/b29-21+,34-23?/t24-/m1/s1. The molecular formula is C33H43N7O3. The molecule has 0 aliphatic rings. The Balaban J connectivity index is 1.56. The number of benzene rings is 2. The number of anilines is 1. The Bertz CT molecular complexity index is 1380. The van der Waals surface area contributed by atoms with Crippen LogP contribution in [0.25, 0.3) is 11.6 Å². The predicted octanol–water partition coefficient (Wildman–Crippen LogP) is 5.31. The van der Waals surface area contributed by atoms with Crippen molar-refractivity contribution in [2.75, 3.05) is 25.0 Å². The molecule has 0 spiro atoms. The van der Waals surface area contributed by atoms with E-state index >= 15 is 0 Å². The maximum absolute atomic E-state index is 12.7. The van der Waals surface area contributed by atoms with Crippen LogP contribution < -0.4 is 21.4 Å². The summed E-state index contributed by atoms with van der Waals surface area (Å²) in [6, 6.07) is 17.4. The van der Waals surface area contributed by atoms with Crippen molar-refractivity contribution >= 4 is 35.0 Å². The fraction of sp³-hybridized carbons (Fsp3) is 0.364. The molecule has 2 amide bonds. The summed E-state index contributed by atoms with van der Waals surface area (Å²) in [5.74, 6) is 0.194. The Morgan fingerprint density at radius 3 is 2.33 bits per heavy atom. The van der Waals surface area contributed by atoms with Crippen molar-refractivity contribution in [1.82, 2.24) is 26.1 Å². The lowest BCUT2D eigenvalue weighted by Gasteiger charge is -2.18. The zero-order valence-electron chi connectivity index (χ0n) is 25.2. The second-order valence-electron chi connectivity index (χ2n) is 10.5.